The zero-order valence-corrected chi connectivity index (χ0v) is 12.1. The second kappa shape index (κ2) is 6.99. The van der Waals surface area contributed by atoms with Gasteiger partial charge in [0, 0.05) is 11.8 Å². The number of benzene rings is 1. The standard InChI is InChI=1S/C14H23N3O2/c1-5-8-17(3)10(2)14(18)16-12-7-6-11(15)9-13(12)19-4/h6-7,9-10H,5,8,15H2,1-4H3,(H,16,18). The van der Waals surface area contributed by atoms with Gasteiger partial charge in [0.25, 0.3) is 0 Å². The van der Waals surface area contributed by atoms with Gasteiger partial charge in [-0.05, 0) is 39.1 Å². The average Bonchev–Trinajstić information content (AvgIpc) is 2.39. The largest absolute Gasteiger partial charge is 0.494 e. The highest BCUT2D eigenvalue weighted by atomic mass is 16.5. The Morgan fingerprint density at radius 1 is 1.53 bits per heavy atom. The van der Waals surface area contributed by atoms with E-state index in [1.807, 2.05) is 18.9 Å². The zero-order valence-electron chi connectivity index (χ0n) is 12.1. The average molecular weight is 265 g/mol. The first kappa shape index (κ1) is 15.3. The van der Waals surface area contributed by atoms with Crippen LogP contribution in [0.25, 0.3) is 0 Å². The maximum atomic E-state index is 12.1. The van der Waals surface area contributed by atoms with Gasteiger partial charge in [-0.3, -0.25) is 9.69 Å². The lowest BCUT2D eigenvalue weighted by Gasteiger charge is -2.23. The van der Waals surface area contributed by atoms with Crippen molar-refractivity contribution in [1.29, 1.82) is 0 Å². The molecular formula is C14H23N3O2. The highest BCUT2D eigenvalue weighted by molar-refractivity contribution is 5.96. The minimum absolute atomic E-state index is 0.0565. The Labute approximate surface area is 114 Å². The molecule has 0 aliphatic rings. The summed E-state index contributed by atoms with van der Waals surface area (Å²) in [6, 6.07) is 4.98. The number of nitrogens with two attached hydrogens (primary N) is 1. The van der Waals surface area contributed by atoms with E-state index in [2.05, 4.69) is 12.2 Å². The molecule has 0 spiro atoms. The van der Waals surface area contributed by atoms with Crippen molar-refractivity contribution in [2.75, 3.05) is 31.8 Å². The van der Waals surface area contributed by atoms with Crippen LogP contribution in [-0.4, -0.2) is 37.6 Å². The maximum absolute atomic E-state index is 12.1. The number of ether oxygens (including phenoxy) is 1. The van der Waals surface area contributed by atoms with Crippen molar-refractivity contribution in [3.8, 4) is 5.75 Å². The number of methoxy groups -OCH3 is 1. The van der Waals surface area contributed by atoms with Gasteiger partial charge in [-0.1, -0.05) is 6.92 Å². The lowest BCUT2D eigenvalue weighted by atomic mass is 10.2. The van der Waals surface area contributed by atoms with Crippen LogP contribution in [0.5, 0.6) is 5.75 Å². The second-order valence-electron chi connectivity index (χ2n) is 4.61. The summed E-state index contributed by atoms with van der Waals surface area (Å²) in [4.78, 5) is 14.2. The van der Waals surface area contributed by atoms with Gasteiger partial charge >= 0.3 is 0 Å². The number of nitrogens with zero attached hydrogens (tertiary/aromatic N) is 1. The zero-order chi connectivity index (χ0) is 14.4. The van der Waals surface area contributed by atoms with Crippen molar-refractivity contribution in [3.63, 3.8) is 0 Å². The molecular weight excluding hydrogens is 242 g/mol. The summed E-state index contributed by atoms with van der Waals surface area (Å²) in [6.07, 6.45) is 1.01. The van der Waals surface area contributed by atoms with Gasteiger partial charge in [-0.25, -0.2) is 0 Å². The summed E-state index contributed by atoms with van der Waals surface area (Å²) in [5.74, 6) is 0.512. The number of hydrogen-bond acceptors (Lipinski definition) is 4. The van der Waals surface area contributed by atoms with Crippen LogP contribution < -0.4 is 15.8 Å². The number of carbonyl (C=O) groups is 1. The molecule has 0 heterocycles. The Kier molecular flexibility index (Phi) is 5.63. The van der Waals surface area contributed by atoms with E-state index in [4.69, 9.17) is 10.5 Å². The molecule has 0 aromatic heterocycles. The summed E-state index contributed by atoms with van der Waals surface area (Å²) in [6.45, 7) is 4.85. The van der Waals surface area contributed by atoms with Gasteiger partial charge in [0.1, 0.15) is 5.75 Å². The van der Waals surface area contributed by atoms with E-state index in [9.17, 15) is 4.79 Å². The van der Waals surface area contributed by atoms with Gasteiger partial charge in [-0.15, -0.1) is 0 Å². The highest BCUT2D eigenvalue weighted by Gasteiger charge is 2.18. The summed E-state index contributed by atoms with van der Waals surface area (Å²) < 4.78 is 5.21. The summed E-state index contributed by atoms with van der Waals surface area (Å²) in [5, 5.41) is 2.87. The Hall–Kier alpha value is -1.75. The monoisotopic (exact) mass is 265 g/mol. The Balaban J connectivity index is 2.76. The predicted octanol–water partition coefficient (Wildman–Crippen LogP) is 1.95. The fourth-order valence-corrected chi connectivity index (χ4v) is 1.79. The molecule has 0 aliphatic carbocycles. The Bertz CT molecular complexity index is 435. The number of likely N-dealkylation sites (N-methyl/N-ethyl adjacent to an activating group) is 1. The molecule has 0 fully saturated rings. The third-order valence-corrected chi connectivity index (χ3v) is 3.10. The molecule has 1 aromatic rings. The molecule has 1 aromatic carbocycles. The Morgan fingerprint density at radius 3 is 2.79 bits per heavy atom. The summed E-state index contributed by atoms with van der Waals surface area (Å²) in [5.41, 5.74) is 6.92. The minimum atomic E-state index is -0.192. The molecule has 0 saturated carbocycles. The van der Waals surface area contributed by atoms with Crippen LogP contribution in [0, 0.1) is 0 Å². The molecule has 106 valence electrons. The number of anilines is 2. The molecule has 5 nitrogen and oxygen atoms in total. The first-order valence-corrected chi connectivity index (χ1v) is 6.44. The molecule has 1 unspecified atom stereocenters. The van der Waals surface area contributed by atoms with Crippen LogP contribution in [-0.2, 0) is 4.79 Å². The normalized spacial score (nSPS) is 12.3. The number of rotatable bonds is 6. The first-order chi connectivity index (χ1) is 8.99. The van der Waals surface area contributed by atoms with E-state index in [1.165, 1.54) is 0 Å². The topological polar surface area (TPSA) is 67.6 Å². The van der Waals surface area contributed by atoms with Crippen LogP contribution in [0.1, 0.15) is 20.3 Å². The smallest absolute Gasteiger partial charge is 0.241 e. The second-order valence-corrected chi connectivity index (χ2v) is 4.61. The van der Waals surface area contributed by atoms with Crippen molar-refractivity contribution in [3.05, 3.63) is 18.2 Å². The quantitative estimate of drug-likeness (QED) is 0.771. The third-order valence-electron chi connectivity index (χ3n) is 3.10. The van der Waals surface area contributed by atoms with Crippen molar-refractivity contribution in [1.82, 2.24) is 4.90 Å². The molecule has 19 heavy (non-hydrogen) atoms. The van der Waals surface area contributed by atoms with Crippen LogP contribution in [0.3, 0.4) is 0 Å². The summed E-state index contributed by atoms with van der Waals surface area (Å²) >= 11 is 0. The lowest BCUT2D eigenvalue weighted by Crippen LogP contribution is -2.39. The van der Waals surface area contributed by atoms with E-state index in [1.54, 1.807) is 25.3 Å². The molecule has 0 saturated heterocycles. The first-order valence-electron chi connectivity index (χ1n) is 6.44. The number of hydrogen-bond donors (Lipinski definition) is 2. The number of nitrogen functional groups attached to an aromatic ring is 1. The Morgan fingerprint density at radius 2 is 2.21 bits per heavy atom. The highest BCUT2D eigenvalue weighted by Crippen LogP contribution is 2.26. The third kappa shape index (κ3) is 4.13. The molecule has 0 radical (unpaired) electrons. The minimum Gasteiger partial charge on any atom is -0.494 e. The van der Waals surface area contributed by atoms with Crippen molar-refractivity contribution >= 4 is 17.3 Å². The van der Waals surface area contributed by atoms with Crippen LogP contribution in [0.4, 0.5) is 11.4 Å². The van der Waals surface area contributed by atoms with Gasteiger partial charge in [0.2, 0.25) is 5.91 Å². The van der Waals surface area contributed by atoms with E-state index in [0.29, 0.717) is 17.1 Å². The maximum Gasteiger partial charge on any atom is 0.241 e. The molecule has 1 rings (SSSR count). The van der Waals surface area contributed by atoms with E-state index in [-0.39, 0.29) is 11.9 Å². The predicted molar refractivity (Wildman–Crippen MR) is 78.4 cm³/mol. The van der Waals surface area contributed by atoms with Gasteiger partial charge in [0.15, 0.2) is 0 Å². The fourth-order valence-electron chi connectivity index (χ4n) is 1.79. The van der Waals surface area contributed by atoms with E-state index in [0.717, 1.165) is 13.0 Å². The molecule has 5 heteroatoms. The van der Waals surface area contributed by atoms with Gasteiger partial charge < -0.3 is 15.8 Å². The van der Waals surface area contributed by atoms with Crippen molar-refractivity contribution in [2.45, 2.75) is 26.3 Å². The molecule has 1 amide bonds. The van der Waals surface area contributed by atoms with Crippen LogP contribution in [0.15, 0.2) is 18.2 Å². The summed E-state index contributed by atoms with van der Waals surface area (Å²) in [7, 11) is 3.49. The van der Waals surface area contributed by atoms with Gasteiger partial charge in [-0.2, -0.15) is 0 Å². The van der Waals surface area contributed by atoms with E-state index >= 15 is 0 Å². The molecule has 0 aliphatic heterocycles. The SMILES string of the molecule is CCCN(C)C(C)C(=O)Nc1ccc(N)cc1OC. The number of nitrogens with one attached hydrogen (secondary N) is 1. The van der Waals surface area contributed by atoms with Crippen molar-refractivity contribution < 1.29 is 9.53 Å². The fraction of sp³-hybridized carbons (Fsp3) is 0.500. The lowest BCUT2D eigenvalue weighted by molar-refractivity contribution is -0.120. The van der Waals surface area contributed by atoms with E-state index < -0.39 is 0 Å². The molecule has 0 bridgehead atoms. The van der Waals surface area contributed by atoms with Crippen molar-refractivity contribution in [2.24, 2.45) is 0 Å². The number of amides is 1. The van der Waals surface area contributed by atoms with Gasteiger partial charge in [0.05, 0.1) is 18.8 Å². The molecule has 3 N–H and O–H groups in total. The van der Waals surface area contributed by atoms with Crippen LogP contribution >= 0.6 is 0 Å². The number of carbonyl (C=O) groups excluding carboxylic acids is 1. The van der Waals surface area contributed by atoms with Crippen LogP contribution in [0.2, 0.25) is 0 Å². The molecule has 1 atom stereocenters.